The van der Waals surface area contributed by atoms with Crippen molar-refractivity contribution >= 4 is 6.41 Å². The molecule has 53 valence electrons. The predicted octanol–water partition coefficient (Wildman–Crippen LogP) is 1.18. The van der Waals surface area contributed by atoms with Crippen molar-refractivity contribution in [1.82, 2.24) is 4.90 Å². The summed E-state index contributed by atoms with van der Waals surface area (Å²) in [4.78, 5) is 11.8. The summed E-state index contributed by atoms with van der Waals surface area (Å²) in [6, 6.07) is 0. The van der Waals surface area contributed by atoms with Crippen molar-refractivity contribution in [2.24, 2.45) is 0 Å². The Bertz CT molecular complexity index is 67.3. The fourth-order valence-corrected chi connectivity index (χ4v) is 0.743. The second kappa shape index (κ2) is 5.60. The molecule has 0 aromatic rings. The number of hydrogen-bond acceptors (Lipinski definition) is 1. The first-order valence-corrected chi connectivity index (χ1v) is 3.47. The van der Waals surface area contributed by atoms with Crippen LogP contribution in [0.3, 0.4) is 0 Å². The average molecular weight is 128 g/mol. The highest BCUT2D eigenvalue weighted by molar-refractivity contribution is 5.47. The quantitative estimate of drug-likeness (QED) is 0.509. The summed E-state index contributed by atoms with van der Waals surface area (Å²) in [5.74, 6) is 0. The Morgan fingerprint density at radius 1 is 1.22 bits per heavy atom. The third-order valence-electron chi connectivity index (χ3n) is 1.12. The SMILES string of the molecule is CCCN([C]=O)CCC. The number of carbonyl (C=O) groups excluding carboxylic acids is 1. The third kappa shape index (κ3) is 4.01. The first-order chi connectivity index (χ1) is 4.35. The van der Waals surface area contributed by atoms with Gasteiger partial charge in [0.25, 0.3) is 0 Å². The van der Waals surface area contributed by atoms with Crippen molar-refractivity contribution in [2.75, 3.05) is 13.1 Å². The van der Waals surface area contributed by atoms with Gasteiger partial charge in [-0.2, -0.15) is 0 Å². The molecule has 0 aliphatic heterocycles. The lowest BCUT2D eigenvalue weighted by Gasteiger charge is -2.12. The summed E-state index contributed by atoms with van der Waals surface area (Å²) < 4.78 is 0. The van der Waals surface area contributed by atoms with Crippen LogP contribution >= 0.6 is 0 Å². The van der Waals surface area contributed by atoms with Gasteiger partial charge in [0.05, 0.1) is 0 Å². The second-order valence-electron chi connectivity index (χ2n) is 2.08. The van der Waals surface area contributed by atoms with Gasteiger partial charge >= 0.3 is 6.41 Å². The maximum atomic E-state index is 10.1. The molecule has 2 nitrogen and oxygen atoms in total. The molecule has 0 rings (SSSR count). The summed E-state index contributed by atoms with van der Waals surface area (Å²) >= 11 is 0. The largest absolute Gasteiger partial charge is 0.334 e. The molecule has 1 radical (unpaired) electrons. The van der Waals surface area contributed by atoms with Crippen molar-refractivity contribution in [1.29, 1.82) is 0 Å². The molecule has 2 heteroatoms. The van der Waals surface area contributed by atoms with Gasteiger partial charge in [0.15, 0.2) is 0 Å². The molecule has 9 heavy (non-hydrogen) atoms. The minimum absolute atomic E-state index is 0.845. The smallest absolute Gasteiger partial charge is 0.312 e. The van der Waals surface area contributed by atoms with E-state index in [0.717, 1.165) is 25.9 Å². The molecular formula is C7H14NO. The van der Waals surface area contributed by atoms with E-state index in [9.17, 15) is 4.79 Å². The zero-order valence-electron chi connectivity index (χ0n) is 6.18. The highest BCUT2D eigenvalue weighted by Crippen LogP contribution is 1.88. The van der Waals surface area contributed by atoms with Gasteiger partial charge in [0, 0.05) is 13.1 Å². The van der Waals surface area contributed by atoms with Crippen LogP contribution in [0.4, 0.5) is 0 Å². The van der Waals surface area contributed by atoms with Crippen LogP contribution in [0.1, 0.15) is 26.7 Å². The normalized spacial score (nSPS) is 9.11. The first-order valence-electron chi connectivity index (χ1n) is 3.47. The molecule has 0 heterocycles. The van der Waals surface area contributed by atoms with Gasteiger partial charge in [-0.3, -0.25) is 4.79 Å². The molecule has 0 bridgehead atoms. The van der Waals surface area contributed by atoms with E-state index in [0.29, 0.717) is 0 Å². The first kappa shape index (κ1) is 8.47. The van der Waals surface area contributed by atoms with Crippen LogP contribution in [-0.4, -0.2) is 24.4 Å². The van der Waals surface area contributed by atoms with E-state index in [4.69, 9.17) is 0 Å². The lowest BCUT2D eigenvalue weighted by Crippen LogP contribution is -2.23. The van der Waals surface area contributed by atoms with E-state index in [1.807, 2.05) is 6.41 Å². The summed E-state index contributed by atoms with van der Waals surface area (Å²) in [5.41, 5.74) is 0. The minimum Gasteiger partial charge on any atom is -0.334 e. The Labute approximate surface area is 56.9 Å². The average Bonchev–Trinajstić information content (AvgIpc) is 1.88. The Morgan fingerprint density at radius 3 is 1.89 bits per heavy atom. The van der Waals surface area contributed by atoms with Gasteiger partial charge in [0.1, 0.15) is 0 Å². The Hall–Kier alpha value is -0.530. The molecule has 0 aliphatic rings. The molecule has 0 unspecified atom stereocenters. The lowest BCUT2D eigenvalue weighted by molar-refractivity contribution is 0.378. The lowest BCUT2D eigenvalue weighted by atomic mass is 10.4. The fraction of sp³-hybridized carbons (Fsp3) is 0.857. The topological polar surface area (TPSA) is 20.3 Å². The van der Waals surface area contributed by atoms with Crippen LogP contribution in [0.2, 0.25) is 0 Å². The zero-order chi connectivity index (χ0) is 7.11. The fourth-order valence-electron chi connectivity index (χ4n) is 0.743. The molecule has 0 aromatic heterocycles. The van der Waals surface area contributed by atoms with Crippen LogP contribution in [0.15, 0.2) is 0 Å². The number of amides is 1. The van der Waals surface area contributed by atoms with E-state index >= 15 is 0 Å². The molecule has 0 spiro atoms. The van der Waals surface area contributed by atoms with Crippen LogP contribution in [0, 0.1) is 0 Å². The van der Waals surface area contributed by atoms with Crippen molar-refractivity contribution in [3.05, 3.63) is 0 Å². The molecule has 0 saturated heterocycles. The molecule has 0 atom stereocenters. The molecular weight excluding hydrogens is 114 g/mol. The number of nitrogens with zero attached hydrogens (tertiary/aromatic N) is 1. The maximum absolute atomic E-state index is 10.1. The van der Waals surface area contributed by atoms with Gasteiger partial charge < -0.3 is 4.90 Å². The van der Waals surface area contributed by atoms with Gasteiger partial charge in [-0.25, -0.2) is 0 Å². The Morgan fingerprint density at radius 2 is 1.67 bits per heavy atom. The van der Waals surface area contributed by atoms with E-state index in [2.05, 4.69) is 13.8 Å². The third-order valence-corrected chi connectivity index (χ3v) is 1.12. The van der Waals surface area contributed by atoms with Gasteiger partial charge in [-0.15, -0.1) is 0 Å². The molecule has 0 aliphatic carbocycles. The summed E-state index contributed by atoms with van der Waals surface area (Å²) in [6.45, 7) is 5.80. The minimum atomic E-state index is 0.845. The monoisotopic (exact) mass is 128 g/mol. The van der Waals surface area contributed by atoms with Crippen molar-refractivity contribution < 1.29 is 4.79 Å². The summed E-state index contributed by atoms with van der Waals surface area (Å²) in [7, 11) is 0. The van der Waals surface area contributed by atoms with E-state index in [1.54, 1.807) is 4.90 Å². The van der Waals surface area contributed by atoms with Gasteiger partial charge in [-0.05, 0) is 12.8 Å². The Kier molecular flexibility index (Phi) is 5.27. The molecule has 0 saturated carbocycles. The molecule has 0 aromatic carbocycles. The van der Waals surface area contributed by atoms with Crippen molar-refractivity contribution in [2.45, 2.75) is 26.7 Å². The standard InChI is InChI=1S/C7H14NO/c1-3-5-8(7-9)6-4-2/h3-6H2,1-2H3. The second-order valence-corrected chi connectivity index (χ2v) is 2.08. The highest BCUT2D eigenvalue weighted by atomic mass is 16.1. The molecule has 1 amide bonds. The van der Waals surface area contributed by atoms with Gasteiger partial charge in [0.2, 0.25) is 0 Å². The Balaban J connectivity index is 3.29. The number of rotatable bonds is 5. The van der Waals surface area contributed by atoms with Crippen molar-refractivity contribution in [3.63, 3.8) is 0 Å². The molecule has 0 fully saturated rings. The summed E-state index contributed by atoms with van der Waals surface area (Å²) in [5, 5.41) is 0. The van der Waals surface area contributed by atoms with Crippen molar-refractivity contribution in [3.8, 4) is 0 Å². The van der Waals surface area contributed by atoms with Crippen LogP contribution < -0.4 is 0 Å². The van der Waals surface area contributed by atoms with E-state index in [-0.39, 0.29) is 0 Å². The van der Waals surface area contributed by atoms with Crippen LogP contribution in [0.5, 0.6) is 0 Å². The number of hydrogen-bond donors (Lipinski definition) is 0. The highest BCUT2D eigenvalue weighted by Gasteiger charge is 1.96. The van der Waals surface area contributed by atoms with Gasteiger partial charge in [-0.1, -0.05) is 13.8 Å². The van der Waals surface area contributed by atoms with E-state index < -0.39 is 0 Å². The van der Waals surface area contributed by atoms with E-state index in [1.165, 1.54) is 0 Å². The van der Waals surface area contributed by atoms with Crippen LogP contribution in [-0.2, 0) is 4.79 Å². The summed E-state index contributed by atoms with van der Waals surface area (Å²) in [6.07, 6.45) is 3.93. The predicted molar refractivity (Wildman–Crippen MR) is 37.8 cm³/mol. The van der Waals surface area contributed by atoms with Crippen LogP contribution in [0.25, 0.3) is 0 Å². The zero-order valence-corrected chi connectivity index (χ0v) is 6.18. The maximum Gasteiger partial charge on any atom is 0.312 e. The molecule has 0 N–H and O–H groups in total.